The molecule has 0 saturated heterocycles. The minimum absolute atomic E-state index is 0. The molecule has 0 radical (unpaired) electrons. The molecule has 0 aliphatic heterocycles. The van der Waals surface area contributed by atoms with Gasteiger partial charge in [-0.3, -0.25) is 9.59 Å². The van der Waals surface area contributed by atoms with E-state index in [0.717, 1.165) is 0 Å². The smallest absolute Gasteiger partial charge is 0.239 e. The topological polar surface area (TPSA) is 87.5 Å². The van der Waals surface area contributed by atoms with Crippen LogP contribution < -0.4 is 16.4 Å². The molecule has 0 heterocycles. The van der Waals surface area contributed by atoms with Crippen molar-refractivity contribution in [1.29, 1.82) is 0 Å². The minimum atomic E-state index is -0.309. The van der Waals surface area contributed by atoms with Gasteiger partial charge >= 0.3 is 0 Å². The zero-order chi connectivity index (χ0) is 15.0. The van der Waals surface area contributed by atoms with Gasteiger partial charge in [-0.2, -0.15) is 0 Å². The molecular weight excluding hydrogens is 327 g/mol. The summed E-state index contributed by atoms with van der Waals surface area (Å²) in [5.74, 6) is 0.184. The van der Waals surface area contributed by atoms with E-state index < -0.39 is 0 Å². The Balaban J connectivity index is 0. The number of halogens is 2. The zero-order valence-electron chi connectivity index (χ0n) is 13.5. The Labute approximate surface area is 145 Å². The van der Waals surface area contributed by atoms with Crippen LogP contribution in [0.25, 0.3) is 0 Å². The highest BCUT2D eigenvalue weighted by Gasteiger charge is 2.25. The second kappa shape index (κ2) is 12.9. The Bertz CT molecular complexity index is 324. The summed E-state index contributed by atoms with van der Waals surface area (Å²) in [5, 5.41) is 5.38. The zero-order valence-corrected chi connectivity index (χ0v) is 15.1. The molecule has 4 N–H and O–H groups in total. The molecule has 22 heavy (non-hydrogen) atoms. The summed E-state index contributed by atoms with van der Waals surface area (Å²) in [6.07, 6.45) is 6.38. The first-order valence-electron chi connectivity index (χ1n) is 7.44. The van der Waals surface area contributed by atoms with Crippen LogP contribution in [0.2, 0.25) is 0 Å². The number of likely N-dealkylation sites (N-methyl/N-ethyl adjacent to an activating group) is 1. The van der Waals surface area contributed by atoms with E-state index in [1.165, 1.54) is 32.1 Å². The lowest BCUT2D eigenvalue weighted by Crippen LogP contribution is -2.47. The molecule has 6 nitrogen and oxygen atoms in total. The SMILES string of the molecule is CN(C)C(CNC(=O)CNC(=O)CN)C1CCCCC1.Cl.Cl. The summed E-state index contributed by atoms with van der Waals surface area (Å²) in [6.45, 7) is 0.547. The van der Waals surface area contributed by atoms with E-state index in [2.05, 4.69) is 29.6 Å². The van der Waals surface area contributed by atoms with Crippen LogP contribution >= 0.6 is 24.8 Å². The molecule has 1 atom stereocenters. The Morgan fingerprint density at radius 3 is 2.18 bits per heavy atom. The van der Waals surface area contributed by atoms with Crippen molar-refractivity contribution in [2.75, 3.05) is 33.7 Å². The number of nitrogens with zero attached hydrogens (tertiary/aromatic N) is 1. The van der Waals surface area contributed by atoms with E-state index in [1.54, 1.807) is 0 Å². The van der Waals surface area contributed by atoms with Gasteiger partial charge in [0.2, 0.25) is 11.8 Å². The predicted molar refractivity (Wildman–Crippen MR) is 93.6 cm³/mol. The van der Waals surface area contributed by atoms with Gasteiger partial charge in [-0.15, -0.1) is 24.8 Å². The number of carbonyl (C=O) groups is 2. The third-order valence-corrected chi connectivity index (χ3v) is 4.00. The standard InChI is InChI=1S/C14H28N4O2.2ClH/c1-18(2)12(11-6-4-3-5-7-11)9-16-14(20)10-17-13(19)8-15;;/h11-12H,3-10,15H2,1-2H3,(H,16,20)(H,17,19);2*1H. The molecule has 0 aromatic heterocycles. The lowest BCUT2D eigenvalue weighted by Gasteiger charge is -2.35. The summed E-state index contributed by atoms with van der Waals surface area (Å²) >= 11 is 0. The molecular formula is C14H30Cl2N4O2. The average Bonchev–Trinajstić information content (AvgIpc) is 2.45. The van der Waals surface area contributed by atoms with Gasteiger partial charge in [-0.1, -0.05) is 19.3 Å². The van der Waals surface area contributed by atoms with Crippen LogP contribution in [0.1, 0.15) is 32.1 Å². The van der Waals surface area contributed by atoms with Gasteiger partial charge in [0.25, 0.3) is 0 Å². The van der Waals surface area contributed by atoms with Gasteiger partial charge in [0.1, 0.15) is 0 Å². The summed E-state index contributed by atoms with van der Waals surface area (Å²) in [4.78, 5) is 24.9. The van der Waals surface area contributed by atoms with Crippen LogP contribution in [0.3, 0.4) is 0 Å². The van der Waals surface area contributed by atoms with E-state index >= 15 is 0 Å². The number of rotatable bonds is 7. The van der Waals surface area contributed by atoms with Gasteiger partial charge in [0.15, 0.2) is 0 Å². The second-order valence-electron chi connectivity index (χ2n) is 5.71. The van der Waals surface area contributed by atoms with E-state index in [1.807, 2.05) is 0 Å². The highest BCUT2D eigenvalue weighted by Crippen LogP contribution is 2.27. The van der Waals surface area contributed by atoms with Crippen LogP contribution in [-0.4, -0.2) is 56.5 Å². The molecule has 0 bridgehead atoms. The first-order chi connectivity index (χ1) is 9.54. The van der Waals surface area contributed by atoms with Crippen molar-refractivity contribution >= 4 is 36.6 Å². The predicted octanol–water partition coefficient (Wildman–Crippen LogP) is 0.532. The maximum Gasteiger partial charge on any atom is 0.239 e. The van der Waals surface area contributed by atoms with Gasteiger partial charge in [-0.25, -0.2) is 0 Å². The molecule has 0 spiro atoms. The first-order valence-corrected chi connectivity index (χ1v) is 7.44. The largest absolute Gasteiger partial charge is 0.353 e. The number of nitrogens with one attached hydrogen (secondary N) is 2. The highest BCUT2D eigenvalue weighted by molar-refractivity contribution is 5.86. The third kappa shape index (κ3) is 8.78. The monoisotopic (exact) mass is 356 g/mol. The number of amides is 2. The summed E-state index contributed by atoms with van der Waals surface area (Å²) < 4.78 is 0. The highest BCUT2D eigenvalue weighted by atomic mass is 35.5. The molecule has 1 unspecified atom stereocenters. The lowest BCUT2D eigenvalue weighted by molar-refractivity contribution is -0.125. The maximum absolute atomic E-state index is 11.7. The van der Waals surface area contributed by atoms with E-state index in [0.29, 0.717) is 18.5 Å². The fourth-order valence-corrected chi connectivity index (χ4v) is 2.82. The average molecular weight is 357 g/mol. The minimum Gasteiger partial charge on any atom is -0.353 e. The van der Waals surface area contributed by atoms with Crippen LogP contribution in [0.15, 0.2) is 0 Å². The van der Waals surface area contributed by atoms with E-state index in [-0.39, 0.29) is 49.7 Å². The van der Waals surface area contributed by atoms with Crippen molar-refractivity contribution in [3.63, 3.8) is 0 Å². The van der Waals surface area contributed by atoms with Crippen molar-refractivity contribution in [1.82, 2.24) is 15.5 Å². The van der Waals surface area contributed by atoms with Crippen molar-refractivity contribution in [3.8, 4) is 0 Å². The molecule has 1 saturated carbocycles. The molecule has 0 aromatic carbocycles. The third-order valence-electron chi connectivity index (χ3n) is 4.00. The number of nitrogens with two attached hydrogens (primary N) is 1. The summed E-state index contributed by atoms with van der Waals surface area (Å²) in [5.41, 5.74) is 5.17. The Kier molecular flexibility index (Phi) is 13.9. The molecule has 1 aliphatic rings. The molecule has 1 fully saturated rings. The summed E-state index contributed by atoms with van der Waals surface area (Å²) in [7, 11) is 4.11. The van der Waals surface area contributed by atoms with Gasteiger partial charge in [0.05, 0.1) is 13.1 Å². The van der Waals surface area contributed by atoms with Crippen LogP contribution in [0.4, 0.5) is 0 Å². The number of hydrogen-bond donors (Lipinski definition) is 3. The van der Waals surface area contributed by atoms with Crippen molar-refractivity contribution in [3.05, 3.63) is 0 Å². The van der Waals surface area contributed by atoms with E-state index in [9.17, 15) is 9.59 Å². The number of hydrogen-bond acceptors (Lipinski definition) is 4. The fourth-order valence-electron chi connectivity index (χ4n) is 2.82. The van der Waals surface area contributed by atoms with Gasteiger partial charge in [0, 0.05) is 12.6 Å². The van der Waals surface area contributed by atoms with Crippen LogP contribution in [-0.2, 0) is 9.59 Å². The van der Waals surface area contributed by atoms with Crippen molar-refractivity contribution < 1.29 is 9.59 Å². The van der Waals surface area contributed by atoms with Gasteiger partial charge < -0.3 is 21.3 Å². The van der Waals surface area contributed by atoms with Crippen molar-refractivity contribution in [2.45, 2.75) is 38.1 Å². The molecule has 0 aromatic rings. The Morgan fingerprint density at radius 1 is 1.09 bits per heavy atom. The van der Waals surface area contributed by atoms with Crippen molar-refractivity contribution in [2.24, 2.45) is 11.7 Å². The first kappa shape index (κ1) is 23.7. The lowest BCUT2D eigenvalue weighted by atomic mass is 9.83. The number of carbonyl (C=O) groups excluding carboxylic acids is 2. The Hall–Kier alpha value is -0.560. The Morgan fingerprint density at radius 2 is 1.68 bits per heavy atom. The fraction of sp³-hybridized carbons (Fsp3) is 0.857. The maximum atomic E-state index is 11.7. The van der Waals surface area contributed by atoms with Crippen LogP contribution in [0.5, 0.6) is 0 Å². The molecule has 132 valence electrons. The molecule has 8 heteroatoms. The van der Waals surface area contributed by atoms with E-state index in [4.69, 9.17) is 5.73 Å². The summed E-state index contributed by atoms with van der Waals surface area (Å²) in [6, 6.07) is 0.365. The van der Waals surface area contributed by atoms with Gasteiger partial charge in [-0.05, 0) is 32.9 Å². The normalized spacial score (nSPS) is 16.2. The quantitative estimate of drug-likeness (QED) is 0.620. The molecule has 1 rings (SSSR count). The second-order valence-corrected chi connectivity index (χ2v) is 5.71. The molecule has 1 aliphatic carbocycles. The molecule has 2 amide bonds. The van der Waals surface area contributed by atoms with Crippen LogP contribution in [0, 0.1) is 5.92 Å².